The van der Waals surface area contributed by atoms with E-state index in [1.165, 1.54) is 53.6 Å². The summed E-state index contributed by atoms with van der Waals surface area (Å²) >= 11 is 3.59. The summed E-state index contributed by atoms with van der Waals surface area (Å²) < 4.78 is 0. The van der Waals surface area contributed by atoms with Crippen LogP contribution in [0.25, 0.3) is 53.6 Å². The fraction of sp³-hybridized carbons (Fsp3) is 0. The summed E-state index contributed by atoms with van der Waals surface area (Å²) in [4.78, 5) is 2.63. The van der Waals surface area contributed by atoms with E-state index < -0.39 is 0 Å². The van der Waals surface area contributed by atoms with Gasteiger partial charge in [-0.2, -0.15) is 0 Å². The highest BCUT2D eigenvalue weighted by molar-refractivity contribution is 7.14. The molecule has 0 radical (unpaired) electrons. The van der Waals surface area contributed by atoms with E-state index in [9.17, 15) is 0 Å². The molecule has 0 atom stereocenters. The fourth-order valence-electron chi connectivity index (χ4n) is 4.36. The molecule has 0 saturated carbocycles. The number of rotatable bonds is 3. The van der Waals surface area contributed by atoms with Crippen molar-refractivity contribution in [1.82, 2.24) is 0 Å². The second-order valence-corrected chi connectivity index (χ2v) is 9.26. The smallest absolute Gasteiger partial charge is 0.0348 e. The van der Waals surface area contributed by atoms with Crippen molar-refractivity contribution < 1.29 is 0 Å². The van der Waals surface area contributed by atoms with Crippen LogP contribution in [0.3, 0.4) is 0 Å². The number of hydrogen-bond donors (Lipinski definition) is 0. The molecular weight excluding hydrogens is 400 g/mol. The number of hydrogen-bond acceptors (Lipinski definition) is 2. The van der Waals surface area contributed by atoms with Gasteiger partial charge in [0.05, 0.1) is 0 Å². The Labute approximate surface area is 183 Å². The molecule has 0 nitrogen and oxygen atoms in total. The minimum absolute atomic E-state index is 1.29. The quantitative estimate of drug-likeness (QED) is 0.269. The van der Waals surface area contributed by atoms with Crippen LogP contribution in [0.15, 0.2) is 108 Å². The van der Waals surface area contributed by atoms with Crippen LogP contribution in [-0.4, -0.2) is 0 Å². The molecule has 0 spiro atoms. The van der Waals surface area contributed by atoms with Gasteiger partial charge in [0.25, 0.3) is 0 Å². The van der Waals surface area contributed by atoms with Crippen molar-refractivity contribution in [3.63, 3.8) is 0 Å². The van der Waals surface area contributed by atoms with E-state index in [0.29, 0.717) is 0 Å². The predicted octanol–water partition coefficient (Wildman–Crippen LogP) is 9.12. The Morgan fingerprint density at radius 1 is 0.333 bits per heavy atom. The summed E-state index contributed by atoms with van der Waals surface area (Å²) in [5.74, 6) is 0. The first kappa shape index (κ1) is 17.6. The first-order chi connectivity index (χ1) is 14.9. The lowest BCUT2D eigenvalue weighted by Gasteiger charge is -2.15. The summed E-state index contributed by atoms with van der Waals surface area (Å²) in [6, 6.07) is 35.4. The highest BCUT2D eigenvalue weighted by Crippen LogP contribution is 2.41. The summed E-state index contributed by atoms with van der Waals surface area (Å²) in [7, 11) is 0. The Morgan fingerprint density at radius 3 is 1.07 bits per heavy atom. The molecular formula is C28H18S2. The lowest BCUT2D eigenvalue weighted by atomic mass is 9.90. The first-order valence-electron chi connectivity index (χ1n) is 10.0. The van der Waals surface area contributed by atoms with Crippen molar-refractivity contribution in [2.45, 2.75) is 0 Å². The van der Waals surface area contributed by atoms with Crippen LogP contribution in [0, 0.1) is 0 Å². The third kappa shape index (κ3) is 2.80. The van der Waals surface area contributed by atoms with E-state index in [1.807, 2.05) is 0 Å². The van der Waals surface area contributed by atoms with Crippen molar-refractivity contribution in [3.05, 3.63) is 108 Å². The summed E-state index contributed by atoms with van der Waals surface area (Å²) in [6.07, 6.45) is 0. The number of thiophene rings is 2. The van der Waals surface area contributed by atoms with Crippen LogP contribution < -0.4 is 0 Å². The highest BCUT2D eigenvalue weighted by atomic mass is 32.1. The van der Waals surface area contributed by atoms with Crippen LogP contribution >= 0.6 is 22.7 Å². The molecule has 0 aliphatic carbocycles. The molecule has 6 aromatic rings. The standard InChI is InChI=1S/C28H18S2/c1-3-9-21-19(7-1)23(13-15-25(21)27-11-5-17-29-27)24-14-16-26(28-12-6-18-30-28)22-10-4-2-8-20(22)24/h1-18H. The lowest BCUT2D eigenvalue weighted by molar-refractivity contribution is 1.68. The summed E-state index contributed by atoms with van der Waals surface area (Å²) in [5, 5.41) is 9.52. The molecule has 0 aliphatic rings. The molecule has 2 aromatic heterocycles. The van der Waals surface area contributed by atoms with Gasteiger partial charge in [-0.15, -0.1) is 22.7 Å². The van der Waals surface area contributed by atoms with Crippen LogP contribution in [0.1, 0.15) is 0 Å². The zero-order valence-corrected chi connectivity index (χ0v) is 17.8. The second kappa shape index (κ2) is 7.24. The normalized spacial score (nSPS) is 11.3. The largest absolute Gasteiger partial charge is 0.144 e. The molecule has 2 heteroatoms. The van der Waals surface area contributed by atoms with Crippen molar-refractivity contribution in [3.8, 4) is 32.0 Å². The van der Waals surface area contributed by atoms with Gasteiger partial charge in [0.2, 0.25) is 0 Å². The van der Waals surface area contributed by atoms with Gasteiger partial charge in [-0.3, -0.25) is 0 Å². The second-order valence-electron chi connectivity index (χ2n) is 7.37. The molecule has 0 aliphatic heterocycles. The van der Waals surface area contributed by atoms with E-state index in [-0.39, 0.29) is 0 Å². The van der Waals surface area contributed by atoms with E-state index in [1.54, 1.807) is 22.7 Å². The van der Waals surface area contributed by atoms with E-state index in [0.717, 1.165) is 0 Å². The number of benzene rings is 4. The van der Waals surface area contributed by atoms with Gasteiger partial charge in [-0.05, 0) is 66.7 Å². The zero-order valence-electron chi connectivity index (χ0n) is 16.2. The van der Waals surface area contributed by atoms with Crippen LogP contribution in [0.2, 0.25) is 0 Å². The Kier molecular flexibility index (Phi) is 4.26. The highest BCUT2D eigenvalue weighted by Gasteiger charge is 2.14. The maximum absolute atomic E-state index is 2.30. The molecule has 0 amide bonds. The molecule has 0 N–H and O–H groups in total. The molecule has 30 heavy (non-hydrogen) atoms. The Balaban J connectivity index is 1.64. The molecule has 0 bridgehead atoms. The minimum atomic E-state index is 1.29. The van der Waals surface area contributed by atoms with E-state index in [2.05, 4.69) is 108 Å². The van der Waals surface area contributed by atoms with Crippen LogP contribution in [0.4, 0.5) is 0 Å². The number of fused-ring (bicyclic) bond motifs is 2. The third-order valence-electron chi connectivity index (χ3n) is 5.71. The third-order valence-corrected chi connectivity index (χ3v) is 7.52. The van der Waals surface area contributed by atoms with E-state index >= 15 is 0 Å². The topological polar surface area (TPSA) is 0 Å². The SMILES string of the molecule is c1csc(-c2ccc(-c3ccc(-c4cccs4)c4ccccc34)c3ccccc23)c1. The van der Waals surface area contributed by atoms with Gasteiger partial charge in [0.1, 0.15) is 0 Å². The van der Waals surface area contributed by atoms with Crippen LogP contribution in [-0.2, 0) is 0 Å². The molecule has 6 rings (SSSR count). The predicted molar refractivity (Wildman–Crippen MR) is 134 cm³/mol. The van der Waals surface area contributed by atoms with Gasteiger partial charge in [0, 0.05) is 9.75 Å². The van der Waals surface area contributed by atoms with Gasteiger partial charge >= 0.3 is 0 Å². The Bertz CT molecular complexity index is 1360. The van der Waals surface area contributed by atoms with Gasteiger partial charge in [0.15, 0.2) is 0 Å². The maximum atomic E-state index is 2.30. The van der Waals surface area contributed by atoms with E-state index in [4.69, 9.17) is 0 Å². The zero-order chi connectivity index (χ0) is 19.9. The van der Waals surface area contributed by atoms with Crippen molar-refractivity contribution in [1.29, 1.82) is 0 Å². The monoisotopic (exact) mass is 418 g/mol. The van der Waals surface area contributed by atoms with Gasteiger partial charge in [-0.1, -0.05) is 84.9 Å². The summed E-state index contributed by atoms with van der Waals surface area (Å²) in [6.45, 7) is 0. The average molecular weight is 419 g/mol. The molecule has 142 valence electrons. The molecule has 0 unspecified atom stereocenters. The van der Waals surface area contributed by atoms with Gasteiger partial charge < -0.3 is 0 Å². The lowest BCUT2D eigenvalue weighted by Crippen LogP contribution is -1.88. The van der Waals surface area contributed by atoms with Gasteiger partial charge in [-0.25, -0.2) is 0 Å². The summed E-state index contributed by atoms with van der Waals surface area (Å²) in [5.41, 5.74) is 5.20. The van der Waals surface area contributed by atoms with Crippen LogP contribution in [0.5, 0.6) is 0 Å². The maximum Gasteiger partial charge on any atom is 0.0348 e. The average Bonchev–Trinajstić information content (AvgIpc) is 3.52. The molecule has 0 fully saturated rings. The van der Waals surface area contributed by atoms with Crippen molar-refractivity contribution in [2.24, 2.45) is 0 Å². The molecule has 2 heterocycles. The fourth-order valence-corrected chi connectivity index (χ4v) is 5.89. The molecule has 0 saturated heterocycles. The Morgan fingerprint density at radius 2 is 0.700 bits per heavy atom. The van der Waals surface area contributed by atoms with Crippen molar-refractivity contribution >= 4 is 44.2 Å². The Hall–Kier alpha value is -3.20. The first-order valence-corrected chi connectivity index (χ1v) is 11.8. The molecule has 4 aromatic carbocycles. The van der Waals surface area contributed by atoms with Crippen molar-refractivity contribution in [2.75, 3.05) is 0 Å². The minimum Gasteiger partial charge on any atom is -0.144 e.